The summed E-state index contributed by atoms with van der Waals surface area (Å²) in [5.74, 6) is -0.0310. The molecule has 4 aromatic heterocycles. The molecule has 1 N–H and O–H groups in total. The van der Waals surface area contributed by atoms with E-state index in [-0.39, 0.29) is 53.9 Å². The molecule has 1 saturated carbocycles. The number of aromatic nitrogens is 5. The number of carbonyl (C=O) groups is 3. The Bertz CT molecular complexity index is 2320. The number of amides is 2. The predicted molar refractivity (Wildman–Crippen MR) is 227 cm³/mol. The molecule has 3 aliphatic rings. The summed E-state index contributed by atoms with van der Waals surface area (Å²) in [4.78, 5) is 81.4. The Morgan fingerprint density at radius 3 is 2.18 bits per heavy atom. The highest BCUT2D eigenvalue weighted by atomic mass is 16.6. The minimum atomic E-state index is -0.708. The van der Waals surface area contributed by atoms with Gasteiger partial charge >= 0.3 is 0 Å². The molecule has 0 aromatic carbocycles. The number of aryl methyl sites for hydroxylation is 2. The third kappa shape index (κ3) is 10.8. The number of rotatable bonds is 19. The number of Topliss-reactive ketones (excluding diaryl/α,β-unsaturated/α-hetero) is 1. The molecule has 2 saturated heterocycles. The minimum Gasteiger partial charge on any atom is -0.491 e. The van der Waals surface area contributed by atoms with Gasteiger partial charge in [-0.25, -0.2) is 9.97 Å². The number of ketones is 1. The van der Waals surface area contributed by atoms with Crippen LogP contribution in [0.3, 0.4) is 0 Å². The van der Waals surface area contributed by atoms with Crippen LogP contribution in [0.15, 0.2) is 46.2 Å². The first-order valence-electron chi connectivity index (χ1n) is 21.3. The molecule has 0 bridgehead atoms. The molecule has 4 aromatic rings. The van der Waals surface area contributed by atoms with E-state index in [1.807, 2.05) is 19.2 Å². The van der Waals surface area contributed by atoms with E-state index in [2.05, 4.69) is 26.2 Å². The molecule has 6 heterocycles. The molecule has 326 valence electrons. The zero-order valence-corrected chi connectivity index (χ0v) is 35.4. The molecule has 61 heavy (non-hydrogen) atoms. The summed E-state index contributed by atoms with van der Waals surface area (Å²) in [5.41, 5.74) is 3.37. The van der Waals surface area contributed by atoms with Crippen molar-refractivity contribution in [1.82, 2.24) is 34.3 Å². The SMILES string of the molecule is CC(=O)c1c(C)c2cnc(Cc3ccc(N4CCN(CCOCCOCCOCCOc5cc(C)n(C6CCC(=O)NC6=O)c(=O)c5)CC4)cn3)nc2n(C2CCCC2)c1=O. The number of hydrogen-bond donors (Lipinski definition) is 1. The quantitative estimate of drug-likeness (QED) is 0.0824. The number of pyridine rings is 3. The Kier molecular flexibility index (Phi) is 14.7. The van der Waals surface area contributed by atoms with Crippen molar-refractivity contribution in [3.05, 3.63) is 85.7 Å². The third-order valence-electron chi connectivity index (χ3n) is 11.7. The Hall–Kier alpha value is -5.36. The molecule has 0 spiro atoms. The van der Waals surface area contributed by atoms with Gasteiger partial charge in [-0.2, -0.15) is 0 Å². The number of carbonyl (C=O) groups excluding carboxylic acids is 3. The van der Waals surface area contributed by atoms with Crippen molar-refractivity contribution in [3.63, 3.8) is 0 Å². The number of piperidine rings is 1. The zero-order chi connectivity index (χ0) is 42.9. The van der Waals surface area contributed by atoms with Crippen molar-refractivity contribution >= 4 is 34.3 Å². The van der Waals surface area contributed by atoms with Gasteiger partial charge in [-0.3, -0.25) is 43.7 Å². The van der Waals surface area contributed by atoms with E-state index in [1.165, 1.54) is 17.6 Å². The van der Waals surface area contributed by atoms with Gasteiger partial charge in [-0.05, 0) is 63.8 Å². The van der Waals surface area contributed by atoms with Crippen LogP contribution in [0.1, 0.15) is 90.7 Å². The van der Waals surface area contributed by atoms with Crippen molar-refractivity contribution in [3.8, 4) is 5.75 Å². The molecule has 7 rings (SSSR count). The first kappa shape index (κ1) is 43.7. The second kappa shape index (κ2) is 20.5. The maximum absolute atomic E-state index is 13.6. The first-order chi connectivity index (χ1) is 29.6. The lowest BCUT2D eigenvalue weighted by Gasteiger charge is -2.35. The van der Waals surface area contributed by atoms with Gasteiger partial charge in [0.2, 0.25) is 11.8 Å². The van der Waals surface area contributed by atoms with E-state index >= 15 is 0 Å². The van der Waals surface area contributed by atoms with Gasteiger partial charge < -0.3 is 28.4 Å². The molecule has 17 heteroatoms. The summed E-state index contributed by atoms with van der Waals surface area (Å²) < 4.78 is 25.8. The number of nitrogens with one attached hydrogen (secondary N) is 1. The van der Waals surface area contributed by atoms with Crippen molar-refractivity contribution in [2.45, 2.75) is 77.8 Å². The maximum Gasteiger partial charge on any atom is 0.263 e. The van der Waals surface area contributed by atoms with Crippen LogP contribution in [0.4, 0.5) is 5.69 Å². The fraction of sp³-hybridized carbons (Fsp3) is 0.545. The van der Waals surface area contributed by atoms with Gasteiger partial charge in [0.05, 0.1) is 63.5 Å². The Balaban J connectivity index is 0.754. The molecule has 1 aliphatic carbocycles. The van der Waals surface area contributed by atoms with Crippen molar-refractivity contribution in [2.24, 2.45) is 0 Å². The molecular weight excluding hydrogens is 785 g/mol. The number of imide groups is 1. The van der Waals surface area contributed by atoms with Crippen LogP contribution in [0, 0.1) is 13.8 Å². The third-order valence-corrected chi connectivity index (χ3v) is 11.7. The summed E-state index contributed by atoms with van der Waals surface area (Å²) in [6, 6.07) is 6.48. The second-order valence-electron chi connectivity index (χ2n) is 15.9. The molecule has 1 atom stereocenters. The predicted octanol–water partition coefficient (Wildman–Crippen LogP) is 3.10. The topological polar surface area (TPSA) is 189 Å². The van der Waals surface area contributed by atoms with Gasteiger partial charge in [0.1, 0.15) is 29.9 Å². The summed E-state index contributed by atoms with van der Waals surface area (Å²) >= 11 is 0. The summed E-state index contributed by atoms with van der Waals surface area (Å²) in [5, 5.41) is 3.03. The van der Waals surface area contributed by atoms with Crippen LogP contribution in [-0.2, 0) is 30.2 Å². The van der Waals surface area contributed by atoms with Gasteiger partial charge in [-0.15, -0.1) is 0 Å². The largest absolute Gasteiger partial charge is 0.491 e. The first-order valence-corrected chi connectivity index (χ1v) is 21.3. The van der Waals surface area contributed by atoms with E-state index in [0.717, 1.165) is 75.2 Å². The maximum atomic E-state index is 13.6. The lowest BCUT2D eigenvalue weighted by atomic mass is 10.0. The highest BCUT2D eigenvalue weighted by Crippen LogP contribution is 2.32. The second-order valence-corrected chi connectivity index (χ2v) is 15.9. The van der Waals surface area contributed by atoms with Gasteiger partial charge in [0, 0.05) is 74.2 Å². The Morgan fingerprint density at radius 1 is 0.820 bits per heavy atom. The van der Waals surface area contributed by atoms with Crippen LogP contribution in [0.2, 0.25) is 0 Å². The molecule has 0 radical (unpaired) electrons. The summed E-state index contributed by atoms with van der Waals surface area (Å²) in [6.07, 6.45) is 8.49. The van der Waals surface area contributed by atoms with Crippen molar-refractivity contribution in [2.75, 3.05) is 83.9 Å². The molecule has 3 fully saturated rings. The number of piperazine rings is 1. The van der Waals surface area contributed by atoms with E-state index in [1.54, 1.807) is 23.8 Å². The van der Waals surface area contributed by atoms with Gasteiger partial charge in [0.25, 0.3) is 11.1 Å². The number of nitrogens with zero attached hydrogens (tertiary/aromatic N) is 7. The zero-order valence-electron chi connectivity index (χ0n) is 35.4. The lowest BCUT2D eigenvalue weighted by Crippen LogP contribution is -2.47. The normalized spacial score (nSPS) is 17.6. The molecule has 2 aliphatic heterocycles. The van der Waals surface area contributed by atoms with E-state index in [0.29, 0.717) is 74.5 Å². The standard InChI is InChI=1S/C44H56N8O9/c1-29-24-35(26-40(55)51(29)37-10-11-39(54)48-43(37)56)61-23-22-60-21-20-59-19-18-58-17-16-49-12-14-50(15-13-49)34-9-8-32(45-27-34)25-38-46-28-36-30(2)41(31(3)53)44(57)52(42(36)47-38)33-6-4-5-7-33/h8-9,24,26-28,33,37H,4-7,10-23,25H2,1-3H3,(H,48,54,56). The lowest BCUT2D eigenvalue weighted by molar-refractivity contribution is -0.135. The molecule has 17 nitrogen and oxygen atoms in total. The average Bonchev–Trinajstić information content (AvgIpc) is 3.77. The van der Waals surface area contributed by atoms with E-state index in [4.69, 9.17) is 28.9 Å². The van der Waals surface area contributed by atoms with Gasteiger partial charge in [-0.1, -0.05) is 12.8 Å². The smallest absolute Gasteiger partial charge is 0.263 e. The van der Waals surface area contributed by atoms with Gasteiger partial charge in [0.15, 0.2) is 5.78 Å². The van der Waals surface area contributed by atoms with E-state index in [9.17, 15) is 24.0 Å². The molecular formula is C44H56N8O9. The van der Waals surface area contributed by atoms with Crippen LogP contribution < -0.4 is 26.1 Å². The molecule has 1 unspecified atom stereocenters. The number of fused-ring (bicyclic) bond motifs is 1. The fourth-order valence-corrected chi connectivity index (χ4v) is 8.52. The van der Waals surface area contributed by atoms with Crippen molar-refractivity contribution < 1.29 is 33.3 Å². The van der Waals surface area contributed by atoms with Crippen LogP contribution in [0.25, 0.3) is 11.0 Å². The highest BCUT2D eigenvalue weighted by molar-refractivity contribution is 6.00. The number of ether oxygens (including phenoxy) is 4. The van der Waals surface area contributed by atoms with Crippen LogP contribution >= 0.6 is 0 Å². The monoisotopic (exact) mass is 840 g/mol. The van der Waals surface area contributed by atoms with Crippen LogP contribution in [-0.4, -0.2) is 126 Å². The average molecular weight is 841 g/mol. The molecule has 2 amide bonds. The summed E-state index contributed by atoms with van der Waals surface area (Å²) in [7, 11) is 0. The fourth-order valence-electron chi connectivity index (χ4n) is 8.52. The minimum absolute atomic E-state index is 0.0375. The Morgan fingerprint density at radius 2 is 1.52 bits per heavy atom. The highest BCUT2D eigenvalue weighted by Gasteiger charge is 2.30. The van der Waals surface area contributed by atoms with Crippen molar-refractivity contribution in [1.29, 1.82) is 0 Å². The number of hydrogen-bond acceptors (Lipinski definition) is 14. The number of anilines is 1. The van der Waals surface area contributed by atoms with Crippen LogP contribution in [0.5, 0.6) is 5.75 Å². The summed E-state index contributed by atoms with van der Waals surface area (Å²) in [6.45, 7) is 12.4. The Labute approximate surface area is 354 Å². The van der Waals surface area contributed by atoms with E-state index < -0.39 is 11.9 Å².